The van der Waals surface area contributed by atoms with Crippen LogP contribution in [-0.2, 0) is 6.42 Å². The van der Waals surface area contributed by atoms with Crippen molar-refractivity contribution in [2.24, 2.45) is 0 Å². The first-order valence-corrected chi connectivity index (χ1v) is 5.75. The number of fused-ring (bicyclic) bond motifs is 1. The molecule has 0 aliphatic rings. The van der Waals surface area contributed by atoms with Gasteiger partial charge in [-0.2, -0.15) is 0 Å². The van der Waals surface area contributed by atoms with Crippen LogP contribution in [-0.4, -0.2) is 4.40 Å². The van der Waals surface area contributed by atoms with E-state index in [0.717, 1.165) is 6.42 Å². The van der Waals surface area contributed by atoms with Crippen molar-refractivity contribution in [1.82, 2.24) is 4.40 Å². The maximum Gasteiger partial charge on any atom is 0.0485 e. The zero-order valence-electron chi connectivity index (χ0n) is 10.0. The molecule has 15 heavy (non-hydrogen) atoms. The molecule has 0 radical (unpaired) electrons. The van der Waals surface area contributed by atoms with Gasteiger partial charge in [-0.05, 0) is 43.0 Å². The van der Waals surface area contributed by atoms with Crippen LogP contribution < -0.4 is 0 Å². The number of nitrogens with zero attached hydrogens (tertiary/aromatic N) is 1. The van der Waals surface area contributed by atoms with Gasteiger partial charge in [0.25, 0.3) is 0 Å². The van der Waals surface area contributed by atoms with Gasteiger partial charge in [0.2, 0.25) is 0 Å². The summed E-state index contributed by atoms with van der Waals surface area (Å²) < 4.78 is 2.42. The summed E-state index contributed by atoms with van der Waals surface area (Å²) in [4.78, 5) is 0. The van der Waals surface area contributed by atoms with Crippen LogP contribution in [0.25, 0.3) is 5.52 Å². The molecular weight excluding hydrogens is 182 g/mol. The van der Waals surface area contributed by atoms with Crippen molar-refractivity contribution in [3.05, 3.63) is 41.2 Å². The third-order valence-corrected chi connectivity index (χ3v) is 3.08. The third-order valence-electron chi connectivity index (χ3n) is 3.08. The third kappa shape index (κ3) is 1.56. The Kier molecular flexibility index (Phi) is 2.56. The monoisotopic (exact) mass is 201 g/mol. The van der Waals surface area contributed by atoms with Gasteiger partial charge in [0.05, 0.1) is 0 Å². The summed E-state index contributed by atoms with van der Waals surface area (Å²) in [6.07, 6.45) is 1.09. The topological polar surface area (TPSA) is 4.41 Å². The first kappa shape index (κ1) is 10.3. The van der Waals surface area contributed by atoms with Crippen molar-refractivity contribution in [2.75, 3.05) is 0 Å². The molecule has 0 N–H and O–H groups in total. The first-order chi connectivity index (χ1) is 7.15. The second-order valence-corrected chi connectivity index (χ2v) is 4.49. The second kappa shape index (κ2) is 3.73. The van der Waals surface area contributed by atoms with Crippen LogP contribution in [0.5, 0.6) is 0 Å². The molecule has 0 fully saturated rings. The highest BCUT2D eigenvalue weighted by Gasteiger charge is 2.09. The fourth-order valence-electron chi connectivity index (χ4n) is 2.19. The van der Waals surface area contributed by atoms with E-state index in [-0.39, 0.29) is 0 Å². The highest BCUT2D eigenvalue weighted by atomic mass is 14.9. The molecule has 0 aromatic carbocycles. The Morgan fingerprint density at radius 3 is 2.47 bits per heavy atom. The van der Waals surface area contributed by atoms with Crippen LogP contribution in [0.4, 0.5) is 0 Å². The lowest BCUT2D eigenvalue weighted by Crippen LogP contribution is -2.02. The molecule has 0 bridgehead atoms. The van der Waals surface area contributed by atoms with Crippen molar-refractivity contribution in [3.63, 3.8) is 0 Å². The molecule has 0 saturated carbocycles. The zero-order valence-corrected chi connectivity index (χ0v) is 10.0. The van der Waals surface area contributed by atoms with E-state index in [0.29, 0.717) is 5.92 Å². The Balaban J connectivity index is 2.81. The molecule has 0 amide bonds. The van der Waals surface area contributed by atoms with E-state index in [1.807, 2.05) is 0 Å². The number of rotatable bonds is 2. The molecule has 0 saturated heterocycles. The van der Waals surface area contributed by atoms with Gasteiger partial charge in [-0.25, -0.2) is 0 Å². The lowest BCUT2D eigenvalue weighted by atomic mass is 10.1. The van der Waals surface area contributed by atoms with Gasteiger partial charge in [0, 0.05) is 16.9 Å². The van der Waals surface area contributed by atoms with Gasteiger partial charge in [-0.3, -0.25) is 0 Å². The summed E-state index contributed by atoms with van der Waals surface area (Å²) in [5.41, 5.74) is 5.55. The second-order valence-electron chi connectivity index (χ2n) is 4.49. The summed E-state index contributed by atoms with van der Waals surface area (Å²) in [6.45, 7) is 8.90. The maximum absolute atomic E-state index is 2.42. The van der Waals surface area contributed by atoms with Gasteiger partial charge in [-0.1, -0.05) is 26.8 Å². The largest absolute Gasteiger partial charge is 0.317 e. The molecule has 2 rings (SSSR count). The number of hydrogen-bond donors (Lipinski definition) is 0. The molecule has 0 atom stereocenters. The fraction of sp³-hybridized carbons (Fsp3) is 0.429. The Labute approximate surface area is 91.7 Å². The quantitative estimate of drug-likeness (QED) is 0.693. The predicted molar refractivity (Wildman–Crippen MR) is 65.6 cm³/mol. The normalized spacial score (nSPS) is 11.5. The Hall–Kier alpha value is -1.24. The molecule has 1 nitrogen and oxygen atoms in total. The van der Waals surface area contributed by atoms with Crippen LogP contribution in [0.2, 0.25) is 0 Å². The summed E-state index contributed by atoms with van der Waals surface area (Å²) in [5, 5.41) is 0. The smallest absolute Gasteiger partial charge is 0.0485 e. The maximum atomic E-state index is 2.42. The number of aryl methyl sites for hydroxylation is 2. The van der Waals surface area contributed by atoms with Crippen LogP contribution >= 0.6 is 0 Å². The van der Waals surface area contributed by atoms with Crippen molar-refractivity contribution in [1.29, 1.82) is 0 Å². The van der Waals surface area contributed by atoms with Crippen LogP contribution in [0.1, 0.15) is 43.6 Å². The van der Waals surface area contributed by atoms with E-state index in [1.54, 1.807) is 0 Å². The minimum Gasteiger partial charge on any atom is -0.317 e. The summed E-state index contributed by atoms with van der Waals surface area (Å²) >= 11 is 0. The molecule has 0 aliphatic carbocycles. The molecule has 2 aromatic rings. The van der Waals surface area contributed by atoms with Crippen molar-refractivity contribution in [3.8, 4) is 0 Å². The van der Waals surface area contributed by atoms with Gasteiger partial charge < -0.3 is 4.40 Å². The van der Waals surface area contributed by atoms with E-state index in [4.69, 9.17) is 0 Å². The van der Waals surface area contributed by atoms with E-state index in [1.165, 1.54) is 22.5 Å². The summed E-state index contributed by atoms with van der Waals surface area (Å²) in [5.74, 6) is 0.575. The molecule has 1 heteroatoms. The minimum atomic E-state index is 0.575. The predicted octanol–water partition coefficient (Wildman–Crippen LogP) is 3.93. The van der Waals surface area contributed by atoms with Crippen molar-refractivity contribution < 1.29 is 0 Å². The zero-order chi connectivity index (χ0) is 11.0. The summed E-state index contributed by atoms with van der Waals surface area (Å²) in [6, 6.07) is 8.96. The summed E-state index contributed by atoms with van der Waals surface area (Å²) in [7, 11) is 0. The molecule has 0 spiro atoms. The van der Waals surface area contributed by atoms with Crippen molar-refractivity contribution in [2.45, 2.75) is 40.0 Å². The SMILES string of the molecule is CCc1ccc2c(C)ccc(C(C)C)n12. The van der Waals surface area contributed by atoms with E-state index in [9.17, 15) is 0 Å². The highest BCUT2D eigenvalue weighted by Crippen LogP contribution is 2.23. The molecule has 2 aromatic heterocycles. The lowest BCUT2D eigenvalue weighted by Gasteiger charge is -2.13. The molecule has 2 heterocycles. The fourth-order valence-corrected chi connectivity index (χ4v) is 2.19. The van der Waals surface area contributed by atoms with Gasteiger partial charge >= 0.3 is 0 Å². The minimum absolute atomic E-state index is 0.575. The molecule has 0 unspecified atom stereocenters. The number of aromatic nitrogens is 1. The van der Waals surface area contributed by atoms with Crippen molar-refractivity contribution >= 4 is 5.52 Å². The Bertz CT molecular complexity index is 477. The lowest BCUT2D eigenvalue weighted by molar-refractivity contribution is 0.782. The van der Waals surface area contributed by atoms with Gasteiger partial charge in [0.15, 0.2) is 0 Å². The Morgan fingerprint density at radius 1 is 1.13 bits per heavy atom. The van der Waals surface area contributed by atoms with Gasteiger partial charge in [0.1, 0.15) is 0 Å². The molecule has 0 aliphatic heterocycles. The number of hydrogen-bond acceptors (Lipinski definition) is 0. The van der Waals surface area contributed by atoms with Gasteiger partial charge in [-0.15, -0.1) is 0 Å². The van der Waals surface area contributed by atoms with Crippen LogP contribution in [0.15, 0.2) is 24.3 Å². The average molecular weight is 201 g/mol. The standard InChI is InChI=1S/C14H19N/c1-5-12-7-9-14-11(4)6-8-13(10(2)3)15(12)14/h6-10H,5H2,1-4H3. The van der Waals surface area contributed by atoms with Crippen LogP contribution in [0, 0.1) is 6.92 Å². The van der Waals surface area contributed by atoms with E-state index >= 15 is 0 Å². The highest BCUT2D eigenvalue weighted by molar-refractivity contribution is 5.57. The average Bonchev–Trinajstić information content (AvgIpc) is 2.62. The number of pyridine rings is 1. The molecule has 80 valence electrons. The first-order valence-electron chi connectivity index (χ1n) is 5.75. The van der Waals surface area contributed by atoms with E-state index in [2.05, 4.69) is 56.4 Å². The Morgan fingerprint density at radius 2 is 1.87 bits per heavy atom. The molecular formula is C14H19N. The van der Waals surface area contributed by atoms with Crippen LogP contribution in [0.3, 0.4) is 0 Å². The van der Waals surface area contributed by atoms with E-state index < -0.39 is 0 Å².